The number of likely N-dealkylation sites (tertiary alicyclic amines) is 1. The molecular formula is C14H24N4O. The van der Waals surface area contributed by atoms with Gasteiger partial charge in [-0.05, 0) is 44.1 Å². The summed E-state index contributed by atoms with van der Waals surface area (Å²) in [6, 6.07) is 0.0933. The molecule has 5 nitrogen and oxygen atoms in total. The van der Waals surface area contributed by atoms with Gasteiger partial charge in [0, 0.05) is 25.3 Å². The number of nitrogens with zero attached hydrogens (tertiary/aromatic N) is 2. The Morgan fingerprint density at radius 1 is 1.53 bits per heavy atom. The second-order valence-corrected chi connectivity index (χ2v) is 5.53. The number of piperidine rings is 1. The lowest BCUT2D eigenvalue weighted by molar-refractivity contribution is 0.174. The van der Waals surface area contributed by atoms with Gasteiger partial charge in [0.2, 0.25) is 0 Å². The standard InChI is InChI=1S/C14H24N4O/c1-11-5-8-18(9-6-11)14(19)15-7-3-4-13-10-16-17-12(13)2/h10-11H,3-9H2,1-2H3,(H,15,19)(H,16,17). The van der Waals surface area contributed by atoms with Gasteiger partial charge >= 0.3 is 6.03 Å². The second-order valence-electron chi connectivity index (χ2n) is 5.53. The first kappa shape index (κ1) is 13.9. The van der Waals surface area contributed by atoms with Gasteiger partial charge < -0.3 is 10.2 Å². The maximum absolute atomic E-state index is 11.9. The summed E-state index contributed by atoms with van der Waals surface area (Å²) < 4.78 is 0. The molecule has 0 atom stereocenters. The highest BCUT2D eigenvalue weighted by atomic mass is 16.2. The van der Waals surface area contributed by atoms with Crippen LogP contribution in [0, 0.1) is 12.8 Å². The van der Waals surface area contributed by atoms with Crippen LogP contribution in [0.5, 0.6) is 0 Å². The number of rotatable bonds is 4. The molecule has 0 unspecified atom stereocenters. The lowest BCUT2D eigenvalue weighted by Crippen LogP contribution is -2.44. The summed E-state index contributed by atoms with van der Waals surface area (Å²) in [4.78, 5) is 13.9. The van der Waals surface area contributed by atoms with E-state index in [1.54, 1.807) is 0 Å². The molecule has 2 amide bonds. The predicted molar refractivity (Wildman–Crippen MR) is 75.0 cm³/mol. The van der Waals surface area contributed by atoms with Gasteiger partial charge in [0.15, 0.2) is 0 Å². The average Bonchev–Trinajstić information content (AvgIpc) is 2.81. The summed E-state index contributed by atoms with van der Waals surface area (Å²) in [5, 5.41) is 9.93. The van der Waals surface area contributed by atoms with Crippen molar-refractivity contribution in [2.45, 2.75) is 39.5 Å². The number of carbonyl (C=O) groups excluding carboxylic acids is 1. The van der Waals surface area contributed by atoms with E-state index in [2.05, 4.69) is 22.4 Å². The van der Waals surface area contributed by atoms with Gasteiger partial charge in [-0.15, -0.1) is 0 Å². The van der Waals surface area contributed by atoms with E-state index >= 15 is 0 Å². The van der Waals surface area contributed by atoms with Crippen LogP contribution < -0.4 is 5.32 Å². The molecule has 0 spiro atoms. The Hall–Kier alpha value is -1.52. The molecule has 2 rings (SSSR count). The van der Waals surface area contributed by atoms with E-state index < -0.39 is 0 Å². The fraction of sp³-hybridized carbons (Fsp3) is 0.714. The van der Waals surface area contributed by atoms with Gasteiger partial charge in [-0.3, -0.25) is 5.10 Å². The Kier molecular flexibility index (Phi) is 4.82. The van der Waals surface area contributed by atoms with Crippen LogP contribution in [-0.4, -0.2) is 40.8 Å². The minimum Gasteiger partial charge on any atom is -0.338 e. The molecule has 5 heteroatoms. The van der Waals surface area contributed by atoms with E-state index in [1.165, 1.54) is 5.56 Å². The van der Waals surface area contributed by atoms with Crippen LogP contribution in [-0.2, 0) is 6.42 Å². The molecule has 1 aromatic heterocycles. The van der Waals surface area contributed by atoms with Crippen LogP contribution in [0.3, 0.4) is 0 Å². The van der Waals surface area contributed by atoms with E-state index in [1.807, 2.05) is 18.0 Å². The number of aromatic nitrogens is 2. The third kappa shape index (κ3) is 3.98. The van der Waals surface area contributed by atoms with Gasteiger partial charge in [0.05, 0.1) is 6.20 Å². The Labute approximate surface area is 114 Å². The van der Waals surface area contributed by atoms with Crippen molar-refractivity contribution >= 4 is 6.03 Å². The third-order valence-corrected chi connectivity index (χ3v) is 3.90. The summed E-state index contributed by atoms with van der Waals surface area (Å²) in [5.41, 5.74) is 2.36. The normalized spacial score (nSPS) is 16.6. The summed E-state index contributed by atoms with van der Waals surface area (Å²) in [6.45, 7) is 6.80. The first-order valence-corrected chi connectivity index (χ1v) is 7.18. The molecular weight excluding hydrogens is 240 g/mol. The van der Waals surface area contributed by atoms with Gasteiger partial charge in [0.25, 0.3) is 0 Å². The largest absolute Gasteiger partial charge is 0.338 e. The number of H-pyrrole nitrogens is 1. The molecule has 1 aliphatic rings. The number of urea groups is 1. The minimum atomic E-state index is 0.0933. The number of amides is 2. The zero-order chi connectivity index (χ0) is 13.7. The Balaban J connectivity index is 1.63. The van der Waals surface area contributed by atoms with Gasteiger partial charge in [-0.1, -0.05) is 6.92 Å². The van der Waals surface area contributed by atoms with E-state index in [9.17, 15) is 4.79 Å². The highest BCUT2D eigenvalue weighted by Crippen LogP contribution is 2.15. The minimum absolute atomic E-state index is 0.0933. The van der Waals surface area contributed by atoms with Crippen molar-refractivity contribution in [2.24, 2.45) is 5.92 Å². The third-order valence-electron chi connectivity index (χ3n) is 3.90. The summed E-state index contributed by atoms with van der Waals surface area (Å²) >= 11 is 0. The molecule has 0 bridgehead atoms. The molecule has 1 aliphatic heterocycles. The molecule has 1 aromatic rings. The van der Waals surface area contributed by atoms with Crippen molar-refractivity contribution in [3.05, 3.63) is 17.5 Å². The van der Waals surface area contributed by atoms with Gasteiger partial charge in [-0.25, -0.2) is 4.79 Å². The van der Waals surface area contributed by atoms with Crippen LogP contribution in [0.4, 0.5) is 4.79 Å². The molecule has 0 aromatic carbocycles. The average molecular weight is 264 g/mol. The Bertz CT molecular complexity index is 407. The number of aryl methyl sites for hydroxylation is 2. The van der Waals surface area contributed by atoms with Crippen LogP contribution >= 0.6 is 0 Å². The first-order chi connectivity index (χ1) is 9.16. The molecule has 19 heavy (non-hydrogen) atoms. The smallest absolute Gasteiger partial charge is 0.317 e. The van der Waals surface area contributed by atoms with E-state index in [4.69, 9.17) is 0 Å². The van der Waals surface area contributed by atoms with Crippen molar-refractivity contribution in [2.75, 3.05) is 19.6 Å². The van der Waals surface area contributed by atoms with Crippen molar-refractivity contribution < 1.29 is 4.79 Å². The first-order valence-electron chi connectivity index (χ1n) is 7.18. The number of aromatic amines is 1. The maximum atomic E-state index is 11.9. The van der Waals surface area contributed by atoms with Gasteiger partial charge in [0.1, 0.15) is 0 Å². The summed E-state index contributed by atoms with van der Waals surface area (Å²) in [5.74, 6) is 0.758. The fourth-order valence-corrected chi connectivity index (χ4v) is 2.43. The fourth-order valence-electron chi connectivity index (χ4n) is 2.43. The zero-order valence-electron chi connectivity index (χ0n) is 11.9. The SMILES string of the molecule is Cc1[nH]ncc1CCCNC(=O)N1CCC(C)CC1. The molecule has 106 valence electrons. The second kappa shape index (κ2) is 6.59. The topological polar surface area (TPSA) is 61.0 Å². The quantitative estimate of drug-likeness (QED) is 0.818. The van der Waals surface area contributed by atoms with E-state index in [-0.39, 0.29) is 6.03 Å². The number of nitrogens with one attached hydrogen (secondary N) is 2. The summed E-state index contributed by atoms with van der Waals surface area (Å²) in [6.07, 6.45) is 6.03. The Morgan fingerprint density at radius 3 is 2.89 bits per heavy atom. The van der Waals surface area contributed by atoms with Crippen LogP contribution in [0.15, 0.2) is 6.20 Å². The van der Waals surface area contributed by atoms with E-state index in [0.717, 1.165) is 56.9 Å². The van der Waals surface area contributed by atoms with Crippen LogP contribution in [0.2, 0.25) is 0 Å². The highest BCUT2D eigenvalue weighted by molar-refractivity contribution is 5.74. The molecule has 0 aliphatic carbocycles. The predicted octanol–water partition coefficient (Wildman–Crippen LogP) is 2.09. The molecule has 2 heterocycles. The molecule has 0 saturated carbocycles. The molecule has 0 radical (unpaired) electrons. The number of hydrogen-bond acceptors (Lipinski definition) is 2. The van der Waals surface area contributed by atoms with Crippen LogP contribution in [0.1, 0.15) is 37.4 Å². The van der Waals surface area contributed by atoms with Crippen molar-refractivity contribution in [3.8, 4) is 0 Å². The highest BCUT2D eigenvalue weighted by Gasteiger charge is 2.19. The van der Waals surface area contributed by atoms with Crippen molar-refractivity contribution in [3.63, 3.8) is 0 Å². The monoisotopic (exact) mass is 264 g/mol. The van der Waals surface area contributed by atoms with Crippen molar-refractivity contribution in [1.29, 1.82) is 0 Å². The molecule has 1 fully saturated rings. The van der Waals surface area contributed by atoms with Crippen molar-refractivity contribution in [1.82, 2.24) is 20.4 Å². The summed E-state index contributed by atoms with van der Waals surface area (Å²) in [7, 11) is 0. The Morgan fingerprint density at radius 2 is 2.26 bits per heavy atom. The number of hydrogen-bond donors (Lipinski definition) is 2. The number of carbonyl (C=O) groups is 1. The van der Waals surface area contributed by atoms with Gasteiger partial charge in [-0.2, -0.15) is 5.10 Å². The van der Waals surface area contributed by atoms with E-state index in [0.29, 0.717) is 0 Å². The maximum Gasteiger partial charge on any atom is 0.317 e. The molecule has 2 N–H and O–H groups in total. The molecule has 1 saturated heterocycles. The zero-order valence-corrected chi connectivity index (χ0v) is 11.9. The van der Waals surface area contributed by atoms with Crippen LogP contribution in [0.25, 0.3) is 0 Å². The lowest BCUT2D eigenvalue weighted by Gasteiger charge is -2.30. The lowest BCUT2D eigenvalue weighted by atomic mass is 10.00.